The summed E-state index contributed by atoms with van der Waals surface area (Å²) in [6.45, 7) is 4.94. The van der Waals surface area contributed by atoms with Crippen LogP contribution in [0, 0.1) is 0 Å². The van der Waals surface area contributed by atoms with Gasteiger partial charge in [0.25, 0.3) is 5.91 Å². The topological polar surface area (TPSA) is 70.6 Å². The van der Waals surface area contributed by atoms with Gasteiger partial charge in [0.1, 0.15) is 5.82 Å². The number of nitrogens with zero attached hydrogens (tertiary/aromatic N) is 4. The number of hydrogen-bond acceptors (Lipinski definition) is 7. The van der Waals surface area contributed by atoms with Gasteiger partial charge in [-0.15, -0.1) is 0 Å². The van der Waals surface area contributed by atoms with Crippen LogP contribution in [-0.4, -0.2) is 61.1 Å². The minimum absolute atomic E-state index is 0.0736. The molecule has 0 spiro atoms. The number of benzene rings is 2. The lowest BCUT2D eigenvalue weighted by Gasteiger charge is -2.33. The first-order valence-corrected chi connectivity index (χ1v) is 12.4. The van der Waals surface area contributed by atoms with Crippen LogP contribution in [0.15, 0.2) is 65.8 Å². The number of ether oxygens (including phenoxy) is 1. The van der Waals surface area contributed by atoms with Crippen LogP contribution in [-0.2, 0) is 23.6 Å². The number of nitrogens with one attached hydrogen (secondary N) is 1. The van der Waals surface area contributed by atoms with Gasteiger partial charge in [0, 0.05) is 57.2 Å². The summed E-state index contributed by atoms with van der Waals surface area (Å²) in [6, 6.07) is 19.7. The molecule has 1 N–H and O–H groups in total. The van der Waals surface area contributed by atoms with Crippen molar-refractivity contribution in [3.8, 4) is 0 Å². The predicted molar refractivity (Wildman–Crippen MR) is 136 cm³/mol. The fourth-order valence-electron chi connectivity index (χ4n) is 3.72. The number of methoxy groups -OCH3 is 1. The Labute approximate surface area is 205 Å². The zero-order chi connectivity index (χ0) is 23.8. The molecule has 1 aliphatic heterocycles. The van der Waals surface area contributed by atoms with Crippen LogP contribution in [0.4, 0.5) is 5.82 Å². The second-order valence-electron chi connectivity index (χ2n) is 8.38. The van der Waals surface area contributed by atoms with Gasteiger partial charge in [-0.25, -0.2) is 9.97 Å². The molecule has 0 unspecified atom stereocenters. The van der Waals surface area contributed by atoms with Crippen LogP contribution >= 0.6 is 11.8 Å². The summed E-state index contributed by atoms with van der Waals surface area (Å²) in [5.74, 6) is 1.61. The Morgan fingerprint density at radius 2 is 1.74 bits per heavy atom. The molecule has 8 heteroatoms. The minimum atomic E-state index is -0.0736. The van der Waals surface area contributed by atoms with Crippen molar-refractivity contribution in [2.45, 2.75) is 24.1 Å². The van der Waals surface area contributed by atoms with Crippen LogP contribution in [0.5, 0.6) is 0 Å². The maximum atomic E-state index is 12.5. The fraction of sp³-hybridized carbons (Fsp3) is 0.346. The molecular weight excluding hydrogens is 446 g/mol. The van der Waals surface area contributed by atoms with E-state index in [9.17, 15) is 4.79 Å². The molecule has 0 saturated carbocycles. The highest BCUT2D eigenvalue weighted by Gasteiger charge is 2.17. The highest BCUT2D eigenvalue weighted by molar-refractivity contribution is 7.98. The maximum absolute atomic E-state index is 12.5. The van der Waals surface area contributed by atoms with E-state index in [1.807, 2.05) is 60.7 Å². The van der Waals surface area contributed by atoms with Gasteiger partial charge in [0.05, 0.1) is 12.3 Å². The van der Waals surface area contributed by atoms with E-state index in [4.69, 9.17) is 9.72 Å². The summed E-state index contributed by atoms with van der Waals surface area (Å²) in [4.78, 5) is 26.6. The number of piperazine rings is 1. The molecule has 1 aliphatic rings. The molecule has 2 heterocycles. The number of rotatable bonds is 9. The molecule has 3 aromatic rings. The van der Waals surface area contributed by atoms with E-state index in [1.54, 1.807) is 18.9 Å². The average Bonchev–Trinajstić information content (AvgIpc) is 2.87. The van der Waals surface area contributed by atoms with Crippen LogP contribution in [0.3, 0.4) is 0 Å². The van der Waals surface area contributed by atoms with Crippen LogP contribution in [0.25, 0.3) is 0 Å². The Bertz CT molecular complexity index is 1070. The third-order valence-electron chi connectivity index (χ3n) is 5.74. The van der Waals surface area contributed by atoms with Gasteiger partial charge in [0.15, 0.2) is 5.16 Å². The van der Waals surface area contributed by atoms with Gasteiger partial charge in [-0.05, 0) is 30.3 Å². The maximum Gasteiger partial charge on any atom is 0.251 e. The van der Waals surface area contributed by atoms with Gasteiger partial charge < -0.3 is 19.9 Å². The molecule has 0 atom stereocenters. The third kappa shape index (κ3) is 6.79. The van der Waals surface area contributed by atoms with Crippen molar-refractivity contribution in [2.24, 2.45) is 0 Å². The third-order valence-corrected chi connectivity index (χ3v) is 6.66. The first-order chi connectivity index (χ1) is 16.6. The molecule has 178 valence electrons. The number of likely N-dealkylation sites (N-methyl/N-ethyl adjacent to an activating group) is 1. The summed E-state index contributed by atoms with van der Waals surface area (Å²) in [5.41, 5.74) is 3.74. The lowest BCUT2D eigenvalue weighted by Crippen LogP contribution is -2.44. The number of hydrogen-bond donors (Lipinski definition) is 1. The Morgan fingerprint density at radius 3 is 2.44 bits per heavy atom. The smallest absolute Gasteiger partial charge is 0.251 e. The van der Waals surface area contributed by atoms with Gasteiger partial charge in [-0.3, -0.25) is 4.79 Å². The molecule has 1 aromatic heterocycles. The zero-order valence-electron chi connectivity index (χ0n) is 19.7. The van der Waals surface area contributed by atoms with Crippen molar-refractivity contribution in [3.63, 3.8) is 0 Å². The highest BCUT2D eigenvalue weighted by atomic mass is 32.2. The summed E-state index contributed by atoms with van der Waals surface area (Å²) < 4.78 is 5.32. The average molecular weight is 478 g/mol. The summed E-state index contributed by atoms with van der Waals surface area (Å²) in [6.07, 6.45) is 0. The number of carbonyl (C=O) groups is 1. The Balaban J connectivity index is 1.36. The second-order valence-corrected chi connectivity index (χ2v) is 9.32. The first-order valence-electron chi connectivity index (χ1n) is 11.4. The summed E-state index contributed by atoms with van der Waals surface area (Å²) >= 11 is 1.60. The van der Waals surface area contributed by atoms with Gasteiger partial charge >= 0.3 is 0 Å². The number of aromatic nitrogens is 2. The molecule has 2 aromatic carbocycles. The van der Waals surface area contributed by atoms with E-state index in [1.165, 1.54) is 0 Å². The largest absolute Gasteiger partial charge is 0.378 e. The van der Waals surface area contributed by atoms with E-state index in [0.29, 0.717) is 18.7 Å². The molecule has 1 saturated heterocycles. The van der Waals surface area contributed by atoms with Crippen molar-refractivity contribution in [2.75, 3.05) is 45.2 Å². The second kappa shape index (κ2) is 12.0. The Hall–Kier alpha value is -2.94. The predicted octanol–water partition coefficient (Wildman–Crippen LogP) is 3.60. The van der Waals surface area contributed by atoms with E-state index >= 15 is 0 Å². The van der Waals surface area contributed by atoms with E-state index in [0.717, 1.165) is 59.7 Å². The molecular formula is C26H31N5O2S. The standard InChI is InChI=1S/C26H31N5O2S/c1-30-12-14-31(15-13-30)24-16-23(18-33-2)28-26(29-24)34-19-21-8-10-22(11-9-21)25(32)27-17-20-6-4-3-5-7-20/h3-11,16H,12-15,17-19H2,1-2H3,(H,27,32). The Morgan fingerprint density at radius 1 is 1.00 bits per heavy atom. The number of thioether (sulfide) groups is 1. The zero-order valence-corrected chi connectivity index (χ0v) is 20.6. The van der Waals surface area contributed by atoms with Crippen LogP contribution < -0.4 is 10.2 Å². The van der Waals surface area contributed by atoms with Crippen molar-refractivity contribution < 1.29 is 9.53 Å². The van der Waals surface area contributed by atoms with E-state index < -0.39 is 0 Å². The molecule has 0 aliphatic carbocycles. The van der Waals surface area contributed by atoms with Gasteiger partial charge in [0.2, 0.25) is 0 Å². The lowest BCUT2D eigenvalue weighted by molar-refractivity contribution is 0.0951. The SMILES string of the molecule is COCc1cc(N2CCN(C)CC2)nc(SCc2ccc(C(=O)NCc3ccccc3)cc2)n1. The first kappa shape index (κ1) is 24.2. The normalized spacial score (nSPS) is 14.2. The fourth-order valence-corrected chi connectivity index (χ4v) is 4.55. The monoisotopic (exact) mass is 477 g/mol. The van der Waals surface area contributed by atoms with Gasteiger partial charge in [-0.1, -0.05) is 54.2 Å². The molecule has 0 radical (unpaired) electrons. The molecule has 1 amide bonds. The molecule has 0 bridgehead atoms. The number of carbonyl (C=O) groups excluding carboxylic acids is 1. The summed E-state index contributed by atoms with van der Waals surface area (Å²) in [5, 5.41) is 3.71. The number of anilines is 1. The van der Waals surface area contributed by atoms with Crippen molar-refractivity contribution in [1.82, 2.24) is 20.2 Å². The quantitative estimate of drug-likeness (QED) is 0.373. The number of amides is 1. The highest BCUT2D eigenvalue weighted by Crippen LogP contribution is 2.24. The lowest BCUT2D eigenvalue weighted by atomic mass is 10.1. The van der Waals surface area contributed by atoms with E-state index in [-0.39, 0.29) is 5.91 Å². The summed E-state index contributed by atoms with van der Waals surface area (Å²) in [7, 11) is 3.83. The van der Waals surface area contributed by atoms with Crippen molar-refractivity contribution >= 4 is 23.5 Å². The van der Waals surface area contributed by atoms with E-state index in [2.05, 4.69) is 27.1 Å². The van der Waals surface area contributed by atoms with Crippen LogP contribution in [0.2, 0.25) is 0 Å². The van der Waals surface area contributed by atoms with Gasteiger partial charge in [-0.2, -0.15) is 0 Å². The molecule has 1 fully saturated rings. The Kier molecular flexibility index (Phi) is 8.51. The molecule has 7 nitrogen and oxygen atoms in total. The minimum Gasteiger partial charge on any atom is -0.378 e. The van der Waals surface area contributed by atoms with Crippen molar-refractivity contribution in [1.29, 1.82) is 0 Å². The van der Waals surface area contributed by atoms with Crippen molar-refractivity contribution in [3.05, 3.63) is 83.0 Å². The van der Waals surface area contributed by atoms with Crippen LogP contribution in [0.1, 0.15) is 27.2 Å². The molecule has 34 heavy (non-hydrogen) atoms. The molecule has 4 rings (SSSR count).